The molecular formula is C40H48Cl2N2O4. The average molecular weight is 692 g/mol. The number of halogens is 2. The van der Waals surface area contributed by atoms with Gasteiger partial charge in [-0.05, 0) is 154 Å². The van der Waals surface area contributed by atoms with Crippen LogP contribution >= 0.6 is 23.2 Å². The van der Waals surface area contributed by atoms with Gasteiger partial charge < -0.3 is 19.9 Å². The highest BCUT2D eigenvalue weighted by atomic mass is 35.5. The number of carboxylic acid groups (broad SMARTS) is 1. The number of rotatable bonds is 10. The fourth-order valence-corrected chi connectivity index (χ4v) is 9.80. The zero-order valence-corrected chi connectivity index (χ0v) is 29.7. The molecule has 1 aromatic heterocycles. The minimum atomic E-state index is -1.06. The fraction of sp³-hybridized carbons (Fsp3) is 0.550. The Hall–Kier alpha value is -2.96. The lowest BCUT2D eigenvalue weighted by molar-refractivity contribution is -0.144. The van der Waals surface area contributed by atoms with Crippen LogP contribution in [0.1, 0.15) is 113 Å². The third kappa shape index (κ3) is 6.52. The van der Waals surface area contributed by atoms with E-state index in [9.17, 15) is 9.90 Å². The second-order valence-electron chi connectivity index (χ2n) is 15.2. The molecule has 256 valence electrons. The highest BCUT2D eigenvalue weighted by Gasteiger charge is 2.54. The number of pyridine rings is 1. The van der Waals surface area contributed by atoms with E-state index in [2.05, 4.69) is 36.3 Å². The van der Waals surface area contributed by atoms with Crippen molar-refractivity contribution in [2.45, 2.75) is 120 Å². The lowest BCUT2D eigenvalue weighted by Crippen LogP contribution is -2.53. The standard InChI is InChI=1S/C40H48Cl2N2O4/c1-25(24-47-35-13-18-43-34-12-5-7-26(2)37(34)35)19-28-20-27-21-33(42)36(48-31-10-3-4-11-31)23-32(27)39(28)14-16-40(17-15-39,38(45)46)44-30-9-6-8-29(41)22-30/h6,8-9,13,18,21-23,25-26,28,31,44H,3-5,7,10-12,14-17,19-20,24H2,1-2H3,(H,45,46)/t25-,26-,28+,39?,40?/m1/s1. The van der Waals surface area contributed by atoms with Crippen molar-refractivity contribution < 1.29 is 19.4 Å². The summed E-state index contributed by atoms with van der Waals surface area (Å²) < 4.78 is 13.1. The number of benzene rings is 2. The molecule has 4 aliphatic rings. The molecule has 2 fully saturated rings. The Morgan fingerprint density at radius 2 is 1.83 bits per heavy atom. The zero-order valence-electron chi connectivity index (χ0n) is 28.2. The molecule has 1 heterocycles. The summed E-state index contributed by atoms with van der Waals surface area (Å²) in [5.41, 5.74) is 4.56. The number of nitrogens with one attached hydrogen (secondary N) is 1. The molecule has 48 heavy (non-hydrogen) atoms. The molecule has 0 bridgehead atoms. The van der Waals surface area contributed by atoms with Crippen molar-refractivity contribution >= 4 is 34.9 Å². The normalized spacial score (nSPS) is 27.3. The molecule has 2 aromatic carbocycles. The maximum absolute atomic E-state index is 13.0. The van der Waals surface area contributed by atoms with Crippen molar-refractivity contribution in [3.63, 3.8) is 0 Å². The number of fused-ring (bicyclic) bond motifs is 3. The van der Waals surface area contributed by atoms with E-state index in [1.807, 2.05) is 24.4 Å². The number of aromatic nitrogens is 1. The van der Waals surface area contributed by atoms with Crippen LogP contribution in [0.5, 0.6) is 11.5 Å². The first-order valence-electron chi connectivity index (χ1n) is 18.0. The second-order valence-corrected chi connectivity index (χ2v) is 16.0. The van der Waals surface area contributed by atoms with Gasteiger partial charge in [-0.25, -0.2) is 4.79 Å². The first-order chi connectivity index (χ1) is 23.2. The van der Waals surface area contributed by atoms with E-state index in [4.69, 9.17) is 32.7 Å². The Balaban J connectivity index is 1.15. The average Bonchev–Trinajstić information content (AvgIpc) is 3.67. The third-order valence-corrected chi connectivity index (χ3v) is 12.5. The van der Waals surface area contributed by atoms with Gasteiger partial charge in [-0.1, -0.05) is 43.1 Å². The van der Waals surface area contributed by atoms with Gasteiger partial charge in [0, 0.05) is 28.2 Å². The van der Waals surface area contributed by atoms with E-state index >= 15 is 0 Å². The number of aliphatic carboxylic acids is 1. The number of carbonyl (C=O) groups is 1. The Morgan fingerprint density at radius 3 is 2.58 bits per heavy atom. The van der Waals surface area contributed by atoms with Crippen LogP contribution in [0.4, 0.5) is 5.69 Å². The van der Waals surface area contributed by atoms with Crippen molar-refractivity contribution in [1.29, 1.82) is 0 Å². The number of aryl methyl sites for hydroxylation is 1. The van der Waals surface area contributed by atoms with Gasteiger partial charge in [-0.15, -0.1) is 0 Å². The summed E-state index contributed by atoms with van der Waals surface area (Å²) in [6, 6.07) is 13.8. The molecule has 4 aliphatic carbocycles. The molecule has 8 heteroatoms. The van der Waals surface area contributed by atoms with Crippen molar-refractivity contribution in [2.24, 2.45) is 11.8 Å². The number of anilines is 1. The third-order valence-electron chi connectivity index (χ3n) is 11.9. The van der Waals surface area contributed by atoms with Gasteiger partial charge in [0.25, 0.3) is 0 Å². The quantitative estimate of drug-likeness (QED) is 0.220. The monoisotopic (exact) mass is 690 g/mol. The second kappa shape index (κ2) is 13.7. The Bertz CT molecular complexity index is 1650. The molecule has 0 radical (unpaired) electrons. The van der Waals surface area contributed by atoms with Crippen LogP contribution in [-0.2, 0) is 23.1 Å². The van der Waals surface area contributed by atoms with E-state index < -0.39 is 11.5 Å². The predicted octanol–water partition coefficient (Wildman–Crippen LogP) is 10.2. The van der Waals surface area contributed by atoms with Crippen LogP contribution in [0.15, 0.2) is 48.7 Å². The Morgan fingerprint density at radius 1 is 1.04 bits per heavy atom. The zero-order chi connectivity index (χ0) is 33.5. The van der Waals surface area contributed by atoms with Crippen LogP contribution in [0.25, 0.3) is 0 Å². The molecule has 0 aliphatic heterocycles. The van der Waals surface area contributed by atoms with Gasteiger partial charge in [0.05, 0.1) is 17.7 Å². The van der Waals surface area contributed by atoms with Crippen LogP contribution in [-0.4, -0.2) is 34.3 Å². The Kier molecular flexibility index (Phi) is 9.60. The lowest BCUT2D eigenvalue weighted by atomic mass is 9.59. The molecule has 0 saturated heterocycles. The van der Waals surface area contributed by atoms with Crippen LogP contribution in [0.2, 0.25) is 10.0 Å². The number of hydrogen-bond acceptors (Lipinski definition) is 5. The largest absolute Gasteiger partial charge is 0.493 e. The fourth-order valence-electron chi connectivity index (χ4n) is 9.38. The van der Waals surface area contributed by atoms with E-state index in [0.717, 1.165) is 62.1 Å². The molecule has 0 unspecified atom stereocenters. The summed E-state index contributed by atoms with van der Waals surface area (Å²) in [5.74, 6) is 2.06. The summed E-state index contributed by atoms with van der Waals surface area (Å²) in [6.45, 7) is 5.21. The maximum Gasteiger partial charge on any atom is 0.329 e. The predicted molar refractivity (Wildman–Crippen MR) is 192 cm³/mol. The van der Waals surface area contributed by atoms with Crippen LogP contribution < -0.4 is 14.8 Å². The van der Waals surface area contributed by atoms with Gasteiger partial charge in [-0.3, -0.25) is 4.98 Å². The highest BCUT2D eigenvalue weighted by Crippen LogP contribution is 2.57. The topological polar surface area (TPSA) is 80.7 Å². The molecule has 7 rings (SSSR count). The first-order valence-corrected chi connectivity index (χ1v) is 18.8. The van der Waals surface area contributed by atoms with Crippen molar-refractivity contribution in [2.75, 3.05) is 11.9 Å². The molecule has 0 amide bonds. The van der Waals surface area contributed by atoms with Gasteiger partial charge in [-0.2, -0.15) is 0 Å². The van der Waals surface area contributed by atoms with E-state index in [1.54, 1.807) is 12.1 Å². The summed E-state index contributed by atoms with van der Waals surface area (Å²) in [5, 5.41) is 15.3. The number of carboxylic acids is 1. The minimum absolute atomic E-state index is 0.165. The number of hydrogen-bond donors (Lipinski definition) is 2. The molecular weight excluding hydrogens is 643 g/mol. The SMILES string of the molecule is C[C@@H](COc1ccnc2c1[C@H](C)CCC2)C[C@H]1Cc2cc(Cl)c(OC3CCCC3)cc2C12CCC(Nc1cccc(Cl)c1)(C(=O)O)CC2. The molecule has 3 aromatic rings. The van der Waals surface area contributed by atoms with Crippen molar-refractivity contribution in [3.8, 4) is 11.5 Å². The van der Waals surface area contributed by atoms with Crippen molar-refractivity contribution in [1.82, 2.24) is 4.98 Å². The van der Waals surface area contributed by atoms with Crippen molar-refractivity contribution in [3.05, 3.63) is 81.1 Å². The summed E-state index contributed by atoms with van der Waals surface area (Å²) in [7, 11) is 0. The summed E-state index contributed by atoms with van der Waals surface area (Å²) in [6.07, 6.45) is 14.4. The minimum Gasteiger partial charge on any atom is -0.493 e. The molecule has 2 N–H and O–H groups in total. The summed E-state index contributed by atoms with van der Waals surface area (Å²) >= 11 is 13.2. The molecule has 1 spiro atoms. The van der Waals surface area contributed by atoms with Crippen LogP contribution in [0.3, 0.4) is 0 Å². The van der Waals surface area contributed by atoms with E-state index in [-0.39, 0.29) is 11.5 Å². The highest BCUT2D eigenvalue weighted by molar-refractivity contribution is 6.32. The smallest absolute Gasteiger partial charge is 0.329 e. The van der Waals surface area contributed by atoms with Gasteiger partial charge in [0.2, 0.25) is 0 Å². The van der Waals surface area contributed by atoms with Crippen LogP contribution in [0, 0.1) is 11.8 Å². The van der Waals surface area contributed by atoms with E-state index in [0.29, 0.717) is 47.2 Å². The first kappa shape index (κ1) is 33.5. The summed E-state index contributed by atoms with van der Waals surface area (Å²) in [4.78, 5) is 17.6. The van der Waals surface area contributed by atoms with Gasteiger partial charge in [0.1, 0.15) is 17.0 Å². The molecule has 3 atom stereocenters. The van der Waals surface area contributed by atoms with Gasteiger partial charge in [0.15, 0.2) is 0 Å². The van der Waals surface area contributed by atoms with E-state index in [1.165, 1.54) is 48.1 Å². The Labute approximate surface area is 294 Å². The maximum atomic E-state index is 13.0. The molecule has 2 saturated carbocycles. The molecule has 6 nitrogen and oxygen atoms in total. The lowest BCUT2D eigenvalue weighted by Gasteiger charge is -2.47. The van der Waals surface area contributed by atoms with Gasteiger partial charge >= 0.3 is 5.97 Å². The number of nitrogens with zero attached hydrogens (tertiary/aromatic N) is 1. The number of ether oxygens (including phenoxy) is 2.